The third-order valence-electron chi connectivity index (χ3n) is 6.45. The standard InChI is InChI=1S/C27H32N4O2/c1-3-29(4-2)26(33)20-22-14-8-10-18-30(22)25(32)17-16-23-24-15-9-11-19-31(24)28-27(23)21-12-6-5-7-13-21/h5-7,9,11-13,15-17,19,22H,3-4,8,10,14,18,20H2,1-2H3/t22-/m1/s1. The van der Waals surface area contributed by atoms with Gasteiger partial charge in [0.1, 0.15) is 5.69 Å². The number of fused-ring (bicyclic) bond motifs is 1. The fourth-order valence-electron chi connectivity index (χ4n) is 4.65. The molecule has 0 N–H and O–H groups in total. The van der Waals surface area contributed by atoms with Crippen LogP contribution in [0.2, 0.25) is 0 Å². The van der Waals surface area contributed by atoms with Crippen molar-refractivity contribution in [3.8, 4) is 11.3 Å². The highest BCUT2D eigenvalue weighted by Crippen LogP contribution is 2.28. The second-order valence-corrected chi connectivity index (χ2v) is 8.44. The number of benzene rings is 1. The molecule has 0 saturated carbocycles. The van der Waals surface area contributed by atoms with Crippen LogP contribution in [-0.2, 0) is 9.59 Å². The van der Waals surface area contributed by atoms with Crippen molar-refractivity contribution in [1.29, 1.82) is 0 Å². The van der Waals surface area contributed by atoms with Crippen LogP contribution in [0, 0.1) is 0 Å². The highest BCUT2D eigenvalue weighted by atomic mass is 16.2. The van der Waals surface area contributed by atoms with Gasteiger partial charge in [0.2, 0.25) is 11.8 Å². The second-order valence-electron chi connectivity index (χ2n) is 8.44. The molecule has 33 heavy (non-hydrogen) atoms. The molecule has 6 nitrogen and oxygen atoms in total. The summed E-state index contributed by atoms with van der Waals surface area (Å²) in [5, 5.41) is 4.76. The van der Waals surface area contributed by atoms with Gasteiger partial charge in [-0.2, -0.15) is 5.10 Å². The average Bonchev–Trinajstić information content (AvgIpc) is 3.23. The minimum atomic E-state index is -0.0404. The van der Waals surface area contributed by atoms with E-state index in [4.69, 9.17) is 5.10 Å². The molecule has 1 saturated heterocycles. The maximum absolute atomic E-state index is 13.3. The average molecular weight is 445 g/mol. The first-order chi connectivity index (χ1) is 16.1. The molecule has 1 aliphatic rings. The lowest BCUT2D eigenvalue weighted by atomic mass is 9.98. The number of amides is 2. The van der Waals surface area contributed by atoms with Crippen LogP contribution in [0.25, 0.3) is 22.9 Å². The summed E-state index contributed by atoms with van der Waals surface area (Å²) in [5.41, 5.74) is 3.72. The third kappa shape index (κ3) is 5.00. The van der Waals surface area contributed by atoms with Crippen molar-refractivity contribution < 1.29 is 9.59 Å². The third-order valence-corrected chi connectivity index (χ3v) is 6.45. The zero-order valence-electron chi connectivity index (χ0n) is 19.5. The van der Waals surface area contributed by atoms with Gasteiger partial charge in [-0.15, -0.1) is 0 Å². The monoisotopic (exact) mass is 444 g/mol. The summed E-state index contributed by atoms with van der Waals surface area (Å²) < 4.78 is 1.85. The van der Waals surface area contributed by atoms with Gasteiger partial charge in [0.05, 0.1) is 5.52 Å². The van der Waals surface area contributed by atoms with Crippen LogP contribution in [0.5, 0.6) is 0 Å². The normalized spacial score (nSPS) is 16.4. The van der Waals surface area contributed by atoms with Crippen molar-refractivity contribution in [2.75, 3.05) is 19.6 Å². The highest BCUT2D eigenvalue weighted by Gasteiger charge is 2.28. The van der Waals surface area contributed by atoms with Crippen LogP contribution in [0.15, 0.2) is 60.8 Å². The first-order valence-corrected chi connectivity index (χ1v) is 11.9. The first-order valence-electron chi connectivity index (χ1n) is 11.9. The van der Waals surface area contributed by atoms with Crippen LogP contribution >= 0.6 is 0 Å². The Bertz CT molecular complexity index is 1130. The quantitative estimate of drug-likeness (QED) is 0.498. The van der Waals surface area contributed by atoms with Crippen molar-refractivity contribution in [2.24, 2.45) is 0 Å². The number of nitrogens with zero attached hydrogens (tertiary/aromatic N) is 4. The Hall–Kier alpha value is -3.41. The Balaban J connectivity index is 1.59. The topological polar surface area (TPSA) is 57.9 Å². The van der Waals surface area contributed by atoms with Crippen LogP contribution in [-0.4, -0.2) is 56.9 Å². The number of hydrogen-bond donors (Lipinski definition) is 0. The first kappa shape index (κ1) is 22.8. The molecule has 0 unspecified atom stereocenters. The predicted molar refractivity (Wildman–Crippen MR) is 132 cm³/mol. The van der Waals surface area contributed by atoms with Gasteiger partial charge in [-0.3, -0.25) is 9.59 Å². The van der Waals surface area contributed by atoms with Gasteiger partial charge in [0.15, 0.2) is 0 Å². The van der Waals surface area contributed by atoms with Crippen molar-refractivity contribution in [1.82, 2.24) is 19.4 Å². The summed E-state index contributed by atoms with van der Waals surface area (Å²) in [7, 11) is 0. The fraction of sp³-hybridized carbons (Fsp3) is 0.370. The van der Waals surface area contributed by atoms with E-state index in [0.717, 1.165) is 41.6 Å². The lowest BCUT2D eigenvalue weighted by Crippen LogP contribution is -2.46. The fourth-order valence-corrected chi connectivity index (χ4v) is 4.65. The van der Waals surface area contributed by atoms with E-state index in [2.05, 4.69) is 0 Å². The molecule has 0 aliphatic carbocycles. The van der Waals surface area contributed by atoms with Crippen LogP contribution in [0.1, 0.15) is 45.1 Å². The molecule has 1 fully saturated rings. The Labute approximate surface area is 195 Å². The Morgan fingerprint density at radius 3 is 2.58 bits per heavy atom. The second kappa shape index (κ2) is 10.5. The number of pyridine rings is 1. The van der Waals surface area contributed by atoms with Crippen LogP contribution < -0.4 is 0 Å². The lowest BCUT2D eigenvalue weighted by molar-refractivity contribution is -0.135. The highest BCUT2D eigenvalue weighted by molar-refractivity contribution is 5.95. The van der Waals surface area contributed by atoms with Gasteiger partial charge < -0.3 is 9.80 Å². The molecule has 6 heteroatoms. The SMILES string of the molecule is CCN(CC)C(=O)C[C@H]1CCCCN1C(=O)C=Cc1c(-c2ccccc2)nn2ccccc12. The summed E-state index contributed by atoms with van der Waals surface area (Å²) in [6.07, 6.45) is 8.74. The summed E-state index contributed by atoms with van der Waals surface area (Å²) in [4.78, 5) is 29.7. The van der Waals surface area contributed by atoms with E-state index in [1.54, 1.807) is 6.08 Å². The van der Waals surface area contributed by atoms with E-state index in [1.165, 1.54) is 0 Å². The number of rotatable bonds is 7. The summed E-state index contributed by atoms with van der Waals surface area (Å²) >= 11 is 0. The molecular formula is C27H32N4O2. The molecule has 1 aromatic carbocycles. The van der Waals surface area contributed by atoms with Gasteiger partial charge >= 0.3 is 0 Å². The number of likely N-dealkylation sites (tertiary alicyclic amines) is 1. The lowest BCUT2D eigenvalue weighted by Gasteiger charge is -2.35. The number of aromatic nitrogens is 2. The maximum atomic E-state index is 13.3. The van der Waals surface area contributed by atoms with Gasteiger partial charge in [0.25, 0.3) is 0 Å². The largest absolute Gasteiger partial charge is 0.343 e. The van der Waals surface area contributed by atoms with Crippen molar-refractivity contribution in [3.63, 3.8) is 0 Å². The van der Waals surface area contributed by atoms with Gasteiger partial charge in [-0.05, 0) is 51.3 Å². The van der Waals surface area contributed by atoms with E-state index < -0.39 is 0 Å². The van der Waals surface area contributed by atoms with E-state index in [0.29, 0.717) is 26.1 Å². The van der Waals surface area contributed by atoms with Crippen molar-refractivity contribution in [3.05, 3.63) is 66.4 Å². The Kier molecular flexibility index (Phi) is 7.23. The van der Waals surface area contributed by atoms with E-state index in [-0.39, 0.29) is 17.9 Å². The smallest absolute Gasteiger partial charge is 0.246 e. The minimum absolute atomic E-state index is 0.0403. The summed E-state index contributed by atoms with van der Waals surface area (Å²) in [6.45, 7) is 6.09. The van der Waals surface area contributed by atoms with Gasteiger partial charge in [0, 0.05) is 55.5 Å². The van der Waals surface area contributed by atoms with Gasteiger partial charge in [-0.25, -0.2) is 4.52 Å². The van der Waals surface area contributed by atoms with Crippen molar-refractivity contribution in [2.45, 2.75) is 45.6 Å². The number of carbonyl (C=O) groups is 2. The van der Waals surface area contributed by atoms with Gasteiger partial charge in [-0.1, -0.05) is 36.4 Å². The maximum Gasteiger partial charge on any atom is 0.246 e. The molecule has 3 aromatic rings. The molecule has 2 amide bonds. The predicted octanol–water partition coefficient (Wildman–Crippen LogP) is 4.65. The Morgan fingerprint density at radius 1 is 1.06 bits per heavy atom. The van der Waals surface area contributed by atoms with E-state index >= 15 is 0 Å². The zero-order valence-corrected chi connectivity index (χ0v) is 19.5. The Morgan fingerprint density at radius 2 is 1.82 bits per heavy atom. The van der Waals surface area contributed by atoms with Crippen LogP contribution in [0.3, 0.4) is 0 Å². The van der Waals surface area contributed by atoms with Crippen LogP contribution in [0.4, 0.5) is 0 Å². The molecule has 2 aromatic heterocycles. The molecule has 3 heterocycles. The van der Waals surface area contributed by atoms with E-state index in [9.17, 15) is 9.59 Å². The van der Waals surface area contributed by atoms with E-state index in [1.807, 2.05) is 89.0 Å². The zero-order chi connectivity index (χ0) is 23.2. The summed E-state index contributed by atoms with van der Waals surface area (Å²) in [6, 6.07) is 15.9. The van der Waals surface area contributed by atoms with Crippen molar-refractivity contribution >= 4 is 23.4 Å². The molecule has 172 valence electrons. The number of carbonyl (C=O) groups excluding carboxylic acids is 2. The molecule has 1 atom stereocenters. The minimum Gasteiger partial charge on any atom is -0.343 e. The summed E-state index contributed by atoms with van der Waals surface area (Å²) in [5.74, 6) is 0.0870. The molecule has 0 radical (unpaired) electrons. The molecule has 1 aliphatic heterocycles. The number of piperidine rings is 1. The molecular weight excluding hydrogens is 412 g/mol. The molecule has 0 bridgehead atoms. The number of hydrogen-bond acceptors (Lipinski definition) is 3. The molecule has 0 spiro atoms. The molecule has 4 rings (SSSR count).